The van der Waals surface area contributed by atoms with Crippen LogP contribution in [0.4, 0.5) is 29.3 Å². The highest BCUT2D eigenvalue weighted by Gasteiger charge is 2.34. The maximum atomic E-state index is 13.2. The largest absolute Gasteiger partial charge is 0.416 e. The molecule has 8 heteroatoms. The van der Waals surface area contributed by atoms with Crippen molar-refractivity contribution in [3.8, 4) is 0 Å². The topological polar surface area (TPSA) is 35.6 Å². The molecule has 2 amide bonds. The fourth-order valence-electron chi connectivity index (χ4n) is 4.05. The number of likely N-dealkylation sites (tertiary alicyclic amines) is 1. The number of benzene rings is 1. The van der Waals surface area contributed by atoms with Gasteiger partial charge in [-0.05, 0) is 66.3 Å². The standard InChI is InChI=1S/C20H22F3N3OS/c21-20(22,23)15-5-6-18(25-8-1-2-9-25)16(12-15)24-19(27)26-10-3-4-17(26)14-7-11-28-13-14/h5-7,11-13,17H,1-4,8-10H2,(H,24,27)/t17-/m0/s1. The van der Waals surface area contributed by atoms with Crippen molar-refractivity contribution in [2.24, 2.45) is 0 Å². The minimum Gasteiger partial charge on any atom is -0.370 e. The van der Waals surface area contributed by atoms with Crippen LogP contribution in [-0.2, 0) is 6.18 Å². The molecule has 4 rings (SSSR count). The monoisotopic (exact) mass is 409 g/mol. The number of halogens is 3. The maximum Gasteiger partial charge on any atom is 0.416 e. The molecule has 2 aliphatic heterocycles. The first-order valence-electron chi connectivity index (χ1n) is 9.49. The van der Waals surface area contributed by atoms with Crippen molar-refractivity contribution in [2.45, 2.75) is 37.9 Å². The Balaban J connectivity index is 1.61. The third-order valence-electron chi connectivity index (χ3n) is 5.45. The smallest absolute Gasteiger partial charge is 0.370 e. The molecule has 28 heavy (non-hydrogen) atoms. The molecule has 0 saturated carbocycles. The van der Waals surface area contributed by atoms with Crippen LogP contribution in [0, 0.1) is 0 Å². The Morgan fingerprint density at radius 2 is 1.89 bits per heavy atom. The summed E-state index contributed by atoms with van der Waals surface area (Å²) >= 11 is 1.58. The number of anilines is 2. The van der Waals surface area contributed by atoms with Gasteiger partial charge in [0.2, 0.25) is 0 Å². The van der Waals surface area contributed by atoms with Crippen LogP contribution in [0.5, 0.6) is 0 Å². The van der Waals surface area contributed by atoms with E-state index in [1.165, 1.54) is 6.07 Å². The number of nitrogens with one attached hydrogen (secondary N) is 1. The summed E-state index contributed by atoms with van der Waals surface area (Å²) in [6.45, 7) is 2.18. The van der Waals surface area contributed by atoms with E-state index in [-0.39, 0.29) is 17.8 Å². The summed E-state index contributed by atoms with van der Waals surface area (Å²) in [7, 11) is 0. The molecule has 4 nitrogen and oxygen atoms in total. The summed E-state index contributed by atoms with van der Waals surface area (Å²) in [6, 6.07) is 5.26. The minimum absolute atomic E-state index is 0.0210. The van der Waals surface area contributed by atoms with Gasteiger partial charge in [0.05, 0.1) is 23.0 Å². The molecule has 0 spiro atoms. The average Bonchev–Trinajstić information content (AvgIpc) is 3.41. The zero-order chi connectivity index (χ0) is 19.7. The van der Waals surface area contributed by atoms with Crippen LogP contribution in [0.2, 0.25) is 0 Å². The lowest BCUT2D eigenvalue weighted by Gasteiger charge is -2.27. The van der Waals surface area contributed by atoms with Crippen LogP contribution in [0.25, 0.3) is 0 Å². The molecular weight excluding hydrogens is 387 g/mol. The van der Waals surface area contributed by atoms with Crippen LogP contribution in [0.15, 0.2) is 35.0 Å². The molecule has 2 fully saturated rings. The first kappa shape index (κ1) is 19.1. The van der Waals surface area contributed by atoms with Crippen molar-refractivity contribution in [1.82, 2.24) is 4.90 Å². The van der Waals surface area contributed by atoms with Crippen molar-refractivity contribution < 1.29 is 18.0 Å². The lowest BCUT2D eigenvalue weighted by molar-refractivity contribution is -0.137. The van der Waals surface area contributed by atoms with Crippen molar-refractivity contribution in [2.75, 3.05) is 29.9 Å². The minimum atomic E-state index is -4.45. The van der Waals surface area contributed by atoms with Gasteiger partial charge in [-0.1, -0.05) is 0 Å². The molecule has 2 aliphatic rings. The van der Waals surface area contributed by atoms with E-state index in [1.807, 2.05) is 21.7 Å². The highest BCUT2D eigenvalue weighted by Crippen LogP contribution is 2.38. The van der Waals surface area contributed by atoms with Crippen LogP contribution in [-0.4, -0.2) is 30.6 Å². The summed E-state index contributed by atoms with van der Waals surface area (Å²) < 4.78 is 39.7. The molecule has 2 saturated heterocycles. The normalized spacial score (nSPS) is 20.0. The van der Waals surface area contributed by atoms with Crippen LogP contribution < -0.4 is 10.2 Å². The summed E-state index contributed by atoms with van der Waals surface area (Å²) in [5.74, 6) is 0. The van der Waals surface area contributed by atoms with E-state index < -0.39 is 11.7 Å². The molecule has 150 valence electrons. The number of carbonyl (C=O) groups excluding carboxylic acids is 1. The Bertz CT molecular complexity index is 832. The summed E-state index contributed by atoms with van der Waals surface area (Å²) in [5.41, 5.74) is 1.23. The zero-order valence-corrected chi connectivity index (χ0v) is 16.2. The predicted molar refractivity (Wildman–Crippen MR) is 105 cm³/mol. The number of amides is 2. The van der Waals surface area contributed by atoms with Gasteiger partial charge >= 0.3 is 12.2 Å². The molecule has 0 bridgehead atoms. The molecule has 2 aromatic rings. The van der Waals surface area contributed by atoms with E-state index >= 15 is 0 Å². The number of alkyl halides is 3. The lowest BCUT2D eigenvalue weighted by atomic mass is 10.1. The second-order valence-electron chi connectivity index (χ2n) is 7.26. The van der Waals surface area contributed by atoms with Gasteiger partial charge in [0.25, 0.3) is 0 Å². The fourth-order valence-corrected chi connectivity index (χ4v) is 4.76. The Hall–Kier alpha value is -2.22. The SMILES string of the molecule is O=C(Nc1cc(C(F)(F)F)ccc1N1CCCC1)N1CCC[C@H]1c1ccsc1. The first-order chi connectivity index (χ1) is 13.4. The number of urea groups is 1. The van der Waals surface area contributed by atoms with E-state index in [9.17, 15) is 18.0 Å². The van der Waals surface area contributed by atoms with E-state index in [4.69, 9.17) is 0 Å². The van der Waals surface area contributed by atoms with Gasteiger partial charge in [0.15, 0.2) is 0 Å². The summed E-state index contributed by atoms with van der Waals surface area (Å²) in [4.78, 5) is 16.7. The van der Waals surface area contributed by atoms with Gasteiger partial charge in [0, 0.05) is 19.6 Å². The van der Waals surface area contributed by atoms with Crippen LogP contribution in [0.3, 0.4) is 0 Å². The highest BCUT2D eigenvalue weighted by molar-refractivity contribution is 7.08. The lowest BCUT2D eigenvalue weighted by Crippen LogP contribution is -2.35. The fraction of sp³-hybridized carbons (Fsp3) is 0.450. The van der Waals surface area contributed by atoms with Crippen LogP contribution in [0.1, 0.15) is 42.9 Å². The average molecular weight is 409 g/mol. The van der Waals surface area contributed by atoms with Gasteiger partial charge in [-0.15, -0.1) is 0 Å². The summed E-state index contributed by atoms with van der Waals surface area (Å²) in [6.07, 6.45) is -0.696. The number of nitrogens with zero attached hydrogens (tertiary/aromatic N) is 2. The number of hydrogen-bond acceptors (Lipinski definition) is 3. The van der Waals surface area contributed by atoms with E-state index in [0.717, 1.165) is 56.5 Å². The first-order valence-corrected chi connectivity index (χ1v) is 10.4. The summed E-state index contributed by atoms with van der Waals surface area (Å²) in [5, 5.41) is 6.78. The van der Waals surface area contributed by atoms with Gasteiger partial charge in [-0.25, -0.2) is 4.79 Å². The predicted octanol–water partition coefficient (Wildman–Crippen LogP) is 5.74. The molecule has 1 aromatic heterocycles. The van der Waals surface area contributed by atoms with Crippen molar-refractivity contribution in [3.63, 3.8) is 0 Å². The zero-order valence-electron chi connectivity index (χ0n) is 15.3. The third-order valence-corrected chi connectivity index (χ3v) is 6.16. The Kier molecular flexibility index (Phi) is 5.23. The quantitative estimate of drug-likeness (QED) is 0.702. The second kappa shape index (κ2) is 7.66. The molecule has 1 atom stereocenters. The Morgan fingerprint density at radius 3 is 2.57 bits per heavy atom. The van der Waals surface area contributed by atoms with Crippen molar-refractivity contribution >= 4 is 28.7 Å². The Labute approximate surface area is 165 Å². The highest BCUT2D eigenvalue weighted by atomic mass is 32.1. The van der Waals surface area contributed by atoms with Gasteiger partial charge < -0.3 is 15.1 Å². The molecule has 0 radical (unpaired) electrons. The van der Waals surface area contributed by atoms with Crippen molar-refractivity contribution in [3.05, 3.63) is 46.2 Å². The molecule has 3 heterocycles. The number of thiophene rings is 1. The Morgan fingerprint density at radius 1 is 1.11 bits per heavy atom. The number of carbonyl (C=O) groups is 1. The molecular formula is C20H22F3N3OS. The van der Waals surface area contributed by atoms with E-state index in [2.05, 4.69) is 5.32 Å². The molecule has 1 N–H and O–H groups in total. The number of hydrogen-bond donors (Lipinski definition) is 1. The van der Waals surface area contributed by atoms with E-state index in [1.54, 1.807) is 16.2 Å². The number of rotatable bonds is 3. The molecule has 0 unspecified atom stereocenters. The second-order valence-corrected chi connectivity index (χ2v) is 8.04. The third kappa shape index (κ3) is 3.83. The van der Waals surface area contributed by atoms with Gasteiger partial charge in [0.1, 0.15) is 0 Å². The van der Waals surface area contributed by atoms with E-state index in [0.29, 0.717) is 12.2 Å². The maximum absolute atomic E-state index is 13.2. The molecule has 1 aromatic carbocycles. The van der Waals surface area contributed by atoms with Gasteiger partial charge in [-0.3, -0.25) is 0 Å². The van der Waals surface area contributed by atoms with Crippen LogP contribution >= 0.6 is 11.3 Å². The molecule has 0 aliphatic carbocycles. The van der Waals surface area contributed by atoms with Gasteiger partial charge in [-0.2, -0.15) is 24.5 Å². The van der Waals surface area contributed by atoms with Crippen molar-refractivity contribution in [1.29, 1.82) is 0 Å².